The van der Waals surface area contributed by atoms with Crippen molar-refractivity contribution in [2.75, 3.05) is 18.1 Å². The number of hydrogen-bond donors (Lipinski definition) is 0. The fraction of sp³-hybridized carbons (Fsp3) is 0.136. The molecule has 0 radical (unpaired) electrons. The summed E-state index contributed by atoms with van der Waals surface area (Å²) >= 11 is 18.9. The Morgan fingerprint density at radius 1 is 0.875 bits per heavy atom. The van der Waals surface area contributed by atoms with Gasteiger partial charge in [0.2, 0.25) is 0 Å². The SMILES string of the molecule is Cc1ccnc(N(C(=O)COc2ccc(Br)cc2Cl)C(=O)COc2ccc(Br)cc2Cl)c1. The minimum atomic E-state index is -0.627. The van der Waals surface area contributed by atoms with Crippen LogP contribution in [0.2, 0.25) is 10.0 Å². The molecule has 0 spiro atoms. The third kappa shape index (κ3) is 6.45. The standard InChI is InChI=1S/C22H16Br2Cl2N2O4/c1-13-6-7-27-20(8-13)28(21(29)11-31-18-4-2-14(23)9-16(18)25)22(30)12-32-19-5-3-15(24)10-17(19)26/h2-10H,11-12H2,1H3. The van der Waals surface area contributed by atoms with Crippen molar-refractivity contribution >= 4 is 72.7 Å². The summed E-state index contributed by atoms with van der Waals surface area (Å²) in [5, 5.41) is 0.652. The molecular formula is C22H16Br2Cl2N2O4. The van der Waals surface area contributed by atoms with Crippen LogP contribution in [0.15, 0.2) is 63.7 Å². The normalized spacial score (nSPS) is 10.5. The molecule has 2 aromatic carbocycles. The maximum absolute atomic E-state index is 13.0. The van der Waals surface area contributed by atoms with E-state index in [4.69, 9.17) is 32.7 Å². The first-order valence-corrected chi connectivity index (χ1v) is 11.5. The predicted molar refractivity (Wildman–Crippen MR) is 131 cm³/mol. The molecule has 0 bridgehead atoms. The van der Waals surface area contributed by atoms with Gasteiger partial charge in [0.15, 0.2) is 13.2 Å². The highest BCUT2D eigenvalue weighted by molar-refractivity contribution is 9.10. The maximum Gasteiger partial charge on any atom is 0.273 e. The first kappa shape index (κ1) is 24.5. The van der Waals surface area contributed by atoms with Crippen molar-refractivity contribution in [3.63, 3.8) is 0 Å². The van der Waals surface area contributed by atoms with Crippen molar-refractivity contribution in [3.05, 3.63) is 79.3 Å². The molecule has 1 aromatic heterocycles. The molecule has 0 aliphatic carbocycles. The zero-order chi connectivity index (χ0) is 23.3. The van der Waals surface area contributed by atoms with Gasteiger partial charge < -0.3 is 9.47 Å². The van der Waals surface area contributed by atoms with E-state index in [9.17, 15) is 9.59 Å². The summed E-state index contributed by atoms with van der Waals surface area (Å²) in [5.74, 6) is -0.470. The number of anilines is 1. The number of benzene rings is 2. The fourth-order valence-electron chi connectivity index (χ4n) is 2.63. The first-order chi connectivity index (χ1) is 15.2. The summed E-state index contributed by atoms with van der Waals surface area (Å²) in [6, 6.07) is 13.4. The number of nitrogens with zero attached hydrogens (tertiary/aromatic N) is 2. The second-order valence-electron chi connectivity index (χ2n) is 6.54. The van der Waals surface area contributed by atoms with Gasteiger partial charge in [0.1, 0.15) is 17.3 Å². The summed E-state index contributed by atoms with van der Waals surface area (Å²) in [7, 11) is 0. The van der Waals surface area contributed by atoms with Crippen molar-refractivity contribution < 1.29 is 19.1 Å². The minimum absolute atomic E-state index is 0.163. The van der Waals surface area contributed by atoms with Gasteiger partial charge in [-0.3, -0.25) is 9.59 Å². The van der Waals surface area contributed by atoms with Gasteiger partial charge in [-0.25, -0.2) is 9.88 Å². The number of carbonyl (C=O) groups is 2. The number of ether oxygens (including phenoxy) is 2. The van der Waals surface area contributed by atoms with Gasteiger partial charge in [0.25, 0.3) is 11.8 Å². The smallest absolute Gasteiger partial charge is 0.273 e. The van der Waals surface area contributed by atoms with Crippen molar-refractivity contribution in [3.8, 4) is 11.5 Å². The summed E-state index contributed by atoms with van der Waals surface area (Å²) in [6.45, 7) is 0.970. The van der Waals surface area contributed by atoms with Gasteiger partial charge in [0, 0.05) is 15.1 Å². The predicted octanol–water partition coefficient (Wildman–Crippen LogP) is 6.24. The third-order valence-electron chi connectivity index (χ3n) is 4.12. The third-order valence-corrected chi connectivity index (χ3v) is 5.70. The van der Waals surface area contributed by atoms with Crippen LogP contribution in [0, 0.1) is 6.92 Å². The van der Waals surface area contributed by atoms with E-state index in [2.05, 4.69) is 36.8 Å². The molecular weight excluding hydrogens is 587 g/mol. The molecule has 1 heterocycles. The van der Waals surface area contributed by atoms with Gasteiger partial charge in [0.05, 0.1) is 10.0 Å². The second kappa shape index (κ2) is 11.1. The zero-order valence-corrected chi connectivity index (χ0v) is 21.3. The Morgan fingerprint density at radius 2 is 1.38 bits per heavy atom. The average molecular weight is 603 g/mol. The minimum Gasteiger partial charge on any atom is -0.482 e. The number of pyridine rings is 1. The Morgan fingerprint density at radius 3 is 1.81 bits per heavy atom. The summed E-state index contributed by atoms with van der Waals surface area (Å²) in [6.07, 6.45) is 1.51. The van der Waals surface area contributed by atoms with Crippen LogP contribution in [0.5, 0.6) is 11.5 Å². The summed E-state index contributed by atoms with van der Waals surface area (Å²) < 4.78 is 12.6. The molecule has 0 atom stereocenters. The van der Waals surface area contributed by atoms with Crippen LogP contribution >= 0.6 is 55.1 Å². The van der Waals surface area contributed by atoms with Crippen LogP contribution in [-0.2, 0) is 9.59 Å². The lowest BCUT2D eigenvalue weighted by molar-refractivity contribution is -0.128. The number of amides is 2. The highest BCUT2D eigenvalue weighted by Crippen LogP contribution is 2.29. The number of aromatic nitrogens is 1. The zero-order valence-electron chi connectivity index (χ0n) is 16.6. The number of halogens is 4. The van der Waals surface area contributed by atoms with Crippen molar-refractivity contribution in [1.82, 2.24) is 4.98 Å². The van der Waals surface area contributed by atoms with Gasteiger partial charge in [-0.15, -0.1) is 0 Å². The molecule has 3 rings (SSSR count). The van der Waals surface area contributed by atoms with Crippen molar-refractivity contribution in [1.29, 1.82) is 0 Å². The molecule has 0 saturated heterocycles. The van der Waals surface area contributed by atoms with E-state index in [-0.39, 0.29) is 5.82 Å². The van der Waals surface area contributed by atoms with Gasteiger partial charge in [-0.05, 0) is 61.0 Å². The van der Waals surface area contributed by atoms with Crippen molar-refractivity contribution in [2.45, 2.75) is 6.92 Å². The van der Waals surface area contributed by atoms with Crippen LogP contribution in [-0.4, -0.2) is 30.0 Å². The number of aryl methyl sites for hydroxylation is 1. The van der Waals surface area contributed by atoms with Crippen molar-refractivity contribution in [2.24, 2.45) is 0 Å². The molecule has 0 fully saturated rings. The van der Waals surface area contributed by atoms with E-state index in [0.29, 0.717) is 21.5 Å². The Balaban J connectivity index is 1.78. The molecule has 0 aliphatic rings. The average Bonchev–Trinajstić information content (AvgIpc) is 2.73. The Bertz CT molecular complexity index is 1090. The van der Waals surface area contributed by atoms with Crippen LogP contribution in [0.4, 0.5) is 5.82 Å². The Labute approximate surface area is 211 Å². The molecule has 32 heavy (non-hydrogen) atoms. The Hall–Kier alpha value is -2.13. The lowest BCUT2D eigenvalue weighted by atomic mass is 10.3. The molecule has 2 amide bonds. The molecule has 166 valence electrons. The molecule has 0 unspecified atom stereocenters. The van der Waals surface area contributed by atoms with E-state index in [0.717, 1.165) is 19.4 Å². The largest absolute Gasteiger partial charge is 0.482 e. The number of hydrogen-bond acceptors (Lipinski definition) is 5. The molecule has 3 aromatic rings. The second-order valence-corrected chi connectivity index (χ2v) is 9.19. The topological polar surface area (TPSA) is 68.7 Å². The van der Waals surface area contributed by atoms with Crippen LogP contribution in [0.25, 0.3) is 0 Å². The van der Waals surface area contributed by atoms with E-state index in [1.165, 1.54) is 6.20 Å². The Kier molecular flexibility index (Phi) is 8.53. The highest BCUT2D eigenvalue weighted by Gasteiger charge is 2.26. The fourth-order valence-corrected chi connectivity index (χ4v) is 4.09. The lowest BCUT2D eigenvalue weighted by Crippen LogP contribution is -2.43. The summed E-state index contributed by atoms with van der Waals surface area (Å²) in [5.41, 5.74) is 0.828. The van der Waals surface area contributed by atoms with Crippen LogP contribution < -0.4 is 14.4 Å². The lowest BCUT2D eigenvalue weighted by Gasteiger charge is -2.21. The van der Waals surface area contributed by atoms with Crippen LogP contribution in [0.3, 0.4) is 0 Å². The highest BCUT2D eigenvalue weighted by atomic mass is 79.9. The quantitative estimate of drug-likeness (QED) is 0.320. The first-order valence-electron chi connectivity index (χ1n) is 9.18. The van der Waals surface area contributed by atoms with Gasteiger partial charge in [-0.2, -0.15) is 0 Å². The maximum atomic E-state index is 13.0. The van der Waals surface area contributed by atoms with Gasteiger partial charge >= 0.3 is 0 Å². The monoisotopic (exact) mass is 600 g/mol. The van der Waals surface area contributed by atoms with E-state index >= 15 is 0 Å². The molecule has 6 nitrogen and oxygen atoms in total. The number of rotatable bonds is 7. The summed E-state index contributed by atoms with van der Waals surface area (Å²) in [4.78, 5) is 31.0. The van der Waals surface area contributed by atoms with E-state index < -0.39 is 25.0 Å². The molecule has 0 aliphatic heterocycles. The van der Waals surface area contributed by atoms with Gasteiger partial charge in [-0.1, -0.05) is 55.1 Å². The van der Waals surface area contributed by atoms with E-state index in [1.54, 1.807) is 48.5 Å². The molecule has 0 saturated carbocycles. The van der Waals surface area contributed by atoms with Crippen LogP contribution in [0.1, 0.15) is 5.56 Å². The molecule has 10 heteroatoms. The van der Waals surface area contributed by atoms with E-state index in [1.807, 2.05) is 6.92 Å². The number of imide groups is 1. The number of carbonyl (C=O) groups excluding carboxylic acids is 2. The molecule has 0 N–H and O–H groups in total.